The highest BCUT2D eigenvalue weighted by molar-refractivity contribution is 6.31. The molecule has 2 nitrogen and oxygen atoms in total. The summed E-state index contributed by atoms with van der Waals surface area (Å²) in [5, 5.41) is 10.4. The van der Waals surface area contributed by atoms with Crippen LogP contribution in [-0.2, 0) is 6.42 Å². The summed E-state index contributed by atoms with van der Waals surface area (Å²) >= 11 is 5.93. The zero-order valence-corrected chi connectivity index (χ0v) is 9.73. The Labute approximate surface area is 104 Å². The average Bonchev–Trinajstić information content (AvgIpc) is 2.35. The van der Waals surface area contributed by atoms with Gasteiger partial charge in [-0.25, -0.2) is 4.39 Å². The number of hydrogen-bond acceptors (Lipinski definition) is 2. The molecule has 0 aliphatic heterocycles. The van der Waals surface area contributed by atoms with Gasteiger partial charge in [-0.1, -0.05) is 17.7 Å². The van der Waals surface area contributed by atoms with Gasteiger partial charge in [0, 0.05) is 23.8 Å². The first-order chi connectivity index (χ1) is 8.16. The standard InChI is InChI=1S/C13H11ClFNO/c14-12-4-3-11(15)6-10(12)7-13(17)9-2-1-5-16-8-9/h1-6,8,13,17H,7H2. The van der Waals surface area contributed by atoms with Gasteiger partial charge in [-0.05, 0) is 35.4 Å². The second-order valence-corrected chi connectivity index (χ2v) is 4.15. The zero-order valence-electron chi connectivity index (χ0n) is 8.98. The molecule has 1 unspecified atom stereocenters. The third kappa shape index (κ3) is 3.02. The minimum atomic E-state index is -0.733. The van der Waals surface area contributed by atoms with Crippen LogP contribution in [0.25, 0.3) is 0 Å². The van der Waals surface area contributed by atoms with Gasteiger partial charge in [0.1, 0.15) is 5.82 Å². The maximum Gasteiger partial charge on any atom is 0.123 e. The predicted molar refractivity (Wildman–Crippen MR) is 64.3 cm³/mol. The molecule has 0 aliphatic rings. The Bertz CT molecular complexity index is 504. The lowest BCUT2D eigenvalue weighted by atomic mass is 10.0. The first-order valence-corrected chi connectivity index (χ1v) is 5.56. The van der Waals surface area contributed by atoms with Crippen molar-refractivity contribution in [1.29, 1.82) is 0 Å². The Morgan fingerprint density at radius 1 is 1.35 bits per heavy atom. The van der Waals surface area contributed by atoms with Crippen molar-refractivity contribution in [3.63, 3.8) is 0 Å². The molecule has 0 bridgehead atoms. The number of aliphatic hydroxyl groups is 1. The van der Waals surface area contributed by atoms with E-state index in [1.807, 2.05) is 0 Å². The topological polar surface area (TPSA) is 33.1 Å². The molecule has 1 N–H and O–H groups in total. The quantitative estimate of drug-likeness (QED) is 0.909. The van der Waals surface area contributed by atoms with Crippen molar-refractivity contribution in [3.8, 4) is 0 Å². The van der Waals surface area contributed by atoms with E-state index in [9.17, 15) is 9.50 Å². The SMILES string of the molecule is OC(Cc1cc(F)ccc1Cl)c1cccnc1. The van der Waals surface area contributed by atoms with Crippen LogP contribution in [0.15, 0.2) is 42.7 Å². The van der Waals surface area contributed by atoms with Crippen molar-refractivity contribution in [1.82, 2.24) is 4.98 Å². The Morgan fingerprint density at radius 3 is 2.88 bits per heavy atom. The predicted octanol–water partition coefficient (Wildman–Crippen LogP) is 3.15. The van der Waals surface area contributed by atoms with Gasteiger partial charge in [-0.3, -0.25) is 4.98 Å². The molecule has 0 saturated carbocycles. The van der Waals surface area contributed by atoms with E-state index in [2.05, 4.69) is 4.98 Å². The van der Waals surface area contributed by atoms with E-state index >= 15 is 0 Å². The Balaban J connectivity index is 2.18. The van der Waals surface area contributed by atoms with E-state index in [-0.39, 0.29) is 12.2 Å². The van der Waals surface area contributed by atoms with Crippen molar-refractivity contribution in [2.45, 2.75) is 12.5 Å². The number of aromatic nitrogens is 1. The maximum atomic E-state index is 13.0. The lowest BCUT2D eigenvalue weighted by Gasteiger charge is -2.11. The third-order valence-corrected chi connectivity index (χ3v) is 2.86. The van der Waals surface area contributed by atoms with E-state index in [0.717, 1.165) is 0 Å². The molecule has 2 aromatic rings. The minimum Gasteiger partial charge on any atom is -0.388 e. The molecule has 0 saturated heterocycles. The van der Waals surface area contributed by atoms with Crippen molar-refractivity contribution >= 4 is 11.6 Å². The second-order valence-electron chi connectivity index (χ2n) is 3.74. The highest BCUT2D eigenvalue weighted by atomic mass is 35.5. The Kier molecular flexibility index (Phi) is 3.71. The smallest absolute Gasteiger partial charge is 0.123 e. The molecule has 1 heterocycles. The van der Waals surface area contributed by atoms with Crippen LogP contribution in [0.3, 0.4) is 0 Å². The normalized spacial score (nSPS) is 12.4. The first-order valence-electron chi connectivity index (χ1n) is 5.19. The number of aliphatic hydroxyl groups excluding tert-OH is 1. The molecule has 0 aliphatic carbocycles. The van der Waals surface area contributed by atoms with E-state index in [1.54, 1.807) is 24.5 Å². The lowest BCUT2D eigenvalue weighted by Crippen LogP contribution is -2.03. The Morgan fingerprint density at radius 2 is 2.18 bits per heavy atom. The fourth-order valence-corrected chi connectivity index (χ4v) is 1.79. The molecule has 0 fully saturated rings. The molecule has 88 valence electrons. The van der Waals surface area contributed by atoms with Crippen LogP contribution >= 0.6 is 11.6 Å². The second kappa shape index (κ2) is 5.25. The van der Waals surface area contributed by atoms with Crippen molar-refractivity contribution in [3.05, 3.63) is 64.7 Å². The maximum absolute atomic E-state index is 13.0. The highest BCUT2D eigenvalue weighted by Gasteiger charge is 2.11. The average molecular weight is 252 g/mol. The van der Waals surface area contributed by atoms with Crippen LogP contribution in [0.5, 0.6) is 0 Å². The van der Waals surface area contributed by atoms with Gasteiger partial charge in [0.05, 0.1) is 6.10 Å². The molecular weight excluding hydrogens is 241 g/mol. The van der Waals surface area contributed by atoms with Crippen LogP contribution in [0.2, 0.25) is 5.02 Å². The summed E-state index contributed by atoms with van der Waals surface area (Å²) in [5.74, 6) is -0.359. The first kappa shape index (κ1) is 12.0. The summed E-state index contributed by atoms with van der Waals surface area (Å²) in [4.78, 5) is 3.92. The monoisotopic (exact) mass is 251 g/mol. The molecule has 1 aromatic carbocycles. The molecule has 17 heavy (non-hydrogen) atoms. The van der Waals surface area contributed by atoms with Gasteiger partial charge in [0.15, 0.2) is 0 Å². The fraction of sp³-hybridized carbons (Fsp3) is 0.154. The summed E-state index contributed by atoms with van der Waals surface area (Å²) in [5.41, 5.74) is 1.27. The number of rotatable bonds is 3. The van der Waals surface area contributed by atoms with Crippen LogP contribution in [0.4, 0.5) is 4.39 Å². The Hall–Kier alpha value is -1.45. The van der Waals surface area contributed by atoms with Gasteiger partial charge >= 0.3 is 0 Å². The summed E-state index contributed by atoms with van der Waals surface area (Å²) in [6, 6.07) is 7.63. The minimum absolute atomic E-state index is 0.266. The summed E-state index contributed by atoms with van der Waals surface area (Å²) in [6.07, 6.45) is 2.74. The highest BCUT2D eigenvalue weighted by Crippen LogP contribution is 2.23. The number of nitrogens with zero attached hydrogens (tertiary/aromatic N) is 1. The summed E-state index contributed by atoms with van der Waals surface area (Å²) in [6.45, 7) is 0. The van der Waals surface area contributed by atoms with Crippen molar-refractivity contribution in [2.24, 2.45) is 0 Å². The van der Waals surface area contributed by atoms with E-state index in [4.69, 9.17) is 11.6 Å². The van der Waals surface area contributed by atoms with Gasteiger partial charge in [-0.15, -0.1) is 0 Å². The zero-order chi connectivity index (χ0) is 12.3. The molecule has 1 atom stereocenters. The molecule has 2 rings (SSSR count). The molecule has 1 aromatic heterocycles. The van der Waals surface area contributed by atoms with Crippen molar-refractivity contribution in [2.75, 3.05) is 0 Å². The van der Waals surface area contributed by atoms with E-state index in [1.165, 1.54) is 18.2 Å². The molecule has 0 amide bonds. The van der Waals surface area contributed by atoms with Crippen LogP contribution in [0, 0.1) is 5.82 Å². The van der Waals surface area contributed by atoms with Crippen LogP contribution < -0.4 is 0 Å². The van der Waals surface area contributed by atoms with Crippen LogP contribution in [-0.4, -0.2) is 10.1 Å². The largest absolute Gasteiger partial charge is 0.388 e. The number of benzene rings is 1. The summed E-state index contributed by atoms with van der Waals surface area (Å²) < 4.78 is 13.0. The number of pyridine rings is 1. The number of halogens is 2. The van der Waals surface area contributed by atoms with Gasteiger partial charge < -0.3 is 5.11 Å². The van der Waals surface area contributed by atoms with Gasteiger partial charge in [-0.2, -0.15) is 0 Å². The molecule has 0 radical (unpaired) electrons. The third-order valence-electron chi connectivity index (χ3n) is 2.49. The van der Waals surface area contributed by atoms with Gasteiger partial charge in [0.2, 0.25) is 0 Å². The summed E-state index contributed by atoms with van der Waals surface area (Å²) in [7, 11) is 0. The molecule has 4 heteroatoms. The number of hydrogen-bond donors (Lipinski definition) is 1. The van der Waals surface area contributed by atoms with Gasteiger partial charge in [0.25, 0.3) is 0 Å². The van der Waals surface area contributed by atoms with Crippen molar-refractivity contribution < 1.29 is 9.50 Å². The van der Waals surface area contributed by atoms with Crippen LogP contribution in [0.1, 0.15) is 17.2 Å². The molecule has 0 spiro atoms. The van der Waals surface area contributed by atoms with E-state index < -0.39 is 6.10 Å². The lowest BCUT2D eigenvalue weighted by molar-refractivity contribution is 0.178. The van der Waals surface area contributed by atoms with E-state index in [0.29, 0.717) is 16.1 Å². The molecular formula is C13H11ClFNO. The fourth-order valence-electron chi connectivity index (χ4n) is 1.60.